The third-order valence-corrected chi connectivity index (χ3v) is 3.43. The number of ether oxygens (including phenoxy) is 2. The molecule has 1 rings (SSSR count). The van der Waals surface area contributed by atoms with Crippen LogP contribution in [-0.2, 0) is 11.2 Å². The molecule has 3 heteroatoms. The molecule has 1 N–H and O–H groups in total. The summed E-state index contributed by atoms with van der Waals surface area (Å²) >= 11 is 0. The molecule has 1 unspecified atom stereocenters. The van der Waals surface area contributed by atoms with E-state index >= 15 is 0 Å². The van der Waals surface area contributed by atoms with Crippen LogP contribution in [0.25, 0.3) is 0 Å². The van der Waals surface area contributed by atoms with E-state index in [4.69, 9.17) is 9.47 Å². The Labute approximate surface area is 122 Å². The van der Waals surface area contributed by atoms with Crippen LogP contribution in [0.1, 0.15) is 32.3 Å². The van der Waals surface area contributed by atoms with E-state index in [2.05, 4.69) is 19.9 Å². The molecule has 0 aromatic heterocycles. The second-order valence-electron chi connectivity index (χ2n) is 5.69. The zero-order valence-corrected chi connectivity index (χ0v) is 13.0. The van der Waals surface area contributed by atoms with Gasteiger partial charge in [0, 0.05) is 19.8 Å². The molecule has 1 aromatic carbocycles. The number of aliphatic hydroxyl groups is 1. The summed E-state index contributed by atoms with van der Waals surface area (Å²) in [7, 11) is 1.67. The van der Waals surface area contributed by atoms with Crippen molar-refractivity contribution >= 4 is 0 Å². The van der Waals surface area contributed by atoms with Crippen molar-refractivity contribution in [3.05, 3.63) is 29.8 Å². The van der Waals surface area contributed by atoms with Crippen molar-refractivity contribution in [1.29, 1.82) is 0 Å². The van der Waals surface area contributed by atoms with Gasteiger partial charge >= 0.3 is 0 Å². The number of aliphatic hydroxyl groups excluding tert-OH is 1. The van der Waals surface area contributed by atoms with Crippen LogP contribution in [0.3, 0.4) is 0 Å². The van der Waals surface area contributed by atoms with Crippen LogP contribution < -0.4 is 4.74 Å². The van der Waals surface area contributed by atoms with Crippen LogP contribution in [0.5, 0.6) is 5.75 Å². The zero-order valence-electron chi connectivity index (χ0n) is 13.0. The summed E-state index contributed by atoms with van der Waals surface area (Å²) in [6, 6.07) is 8.03. The molecule has 3 nitrogen and oxygen atoms in total. The highest BCUT2D eigenvalue weighted by molar-refractivity contribution is 5.28. The Hall–Kier alpha value is -1.06. The highest BCUT2D eigenvalue weighted by Crippen LogP contribution is 2.17. The standard InChI is InChI=1S/C17H28O3/c1-14(2)7-9-20-10-8-16(13-18)11-15-5-4-6-17(12-15)19-3/h4-6,12,14,16,18H,7-11,13H2,1-3H3. The van der Waals surface area contributed by atoms with Gasteiger partial charge in [0.25, 0.3) is 0 Å². The Kier molecular flexibility index (Phi) is 8.31. The fourth-order valence-electron chi connectivity index (χ4n) is 2.06. The van der Waals surface area contributed by atoms with Crippen LogP contribution in [0.2, 0.25) is 0 Å². The maximum absolute atomic E-state index is 9.47. The lowest BCUT2D eigenvalue weighted by molar-refractivity contribution is 0.0984. The molecule has 0 fully saturated rings. The molecular formula is C17H28O3. The van der Waals surface area contributed by atoms with Crippen molar-refractivity contribution in [2.24, 2.45) is 11.8 Å². The number of hydrogen-bond acceptors (Lipinski definition) is 3. The molecule has 0 amide bonds. The zero-order chi connectivity index (χ0) is 14.8. The van der Waals surface area contributed by atoms with Gasteiger partial charge in [-0.25, -0.2) is 0 Å². The highest BCUT2D eigenvalue weighted by atomic mass is 16.5. The van der Waals surface area contributed by atoms with Crippen LogP contribution in [0.4, 0.5) is 0 Å². The average molecular weight is 280 g/mol. The van der Waals surface area contributed by atoms with Crippen molar-refractivity contribution in [2.45, 2.75) is 33.1 Å². The van der Waals surface area contributed by atoms with Crippen molar-refractivity contribution in [2.75, 3.05) is 26.9 Å². The van der Waals surface area contributed by atoms with Gasteiger partial charge in [0.2, 0.25) is 0 Å². The van der Waals surface area contributed by atoms with Gasteiger partial charge in [-0.15, -0.1) is 0 Å². The largest absolute Gasteiger partial charge is 0.497 e. The van der Waals surface area contributed by atoms with Gasteiger partial charge in [0.15, 0.2) is 0 Å². The van der Waals surface area contributed by atoms with E-state index in [1.807, 2.05) is 18.2 Å². The molecule has 114 valence electrons. The second kappa shape index (κ2) is 9.78. The van der Waals surface area contributed by atoms with Crippen molar-refractivity contribution in [3.63, 3.8) is 0 Å². The summed E-state index contributed by atoms with van der Waals surface area (Å²) in [6.07, 6.45) is 2.85. The Bertz CT molecular complexity index is 363. The predicted octanol–water partition coefficient (Wildman–Crippen LogP) is 3.30. The quantitative estimate of drug-likeness (QED) is 0.668. The maximum Gasteiger partial charge on any atom is 0.119 e. The number of methoxy groups -OCH3 is 1. The summed E-state index contributed by atoms with van der Waals surface area (Å²) in [5, 5.41) is 9.47. The van der Waals surface area contributed by atoms with Gasteiger partial charge < -0.3 is 14.6 Å². The first-order valence-corrected chi connectivity index (χ1v) is 7.47. The summed E-state index contributed by atoms with van der Waals surface area (Å²) in [5.74, 6) is 1.80. The lowest BCUT2D eigenvalue weighted by atomic mass is 9.97. The van der Waals surface area contributed by atoms with E-state index in [1.165, 1.54) is 5.56 Å². The second-order valence-corrected chi connectivity index (χ2v) is 5.69. The van der Waals surface area contributed by atoms with Gasteiger partial charge in [-0.05, 0) is 48.8 Å². The third kappa shape index (κ3) is 6.92. The fourth-order valence-corrected chi connectivity index (χ4v) is 2.06. The maximum atomic E-state index is 9.47. The van der Waals surface area contributed by atoms with Crippen LogP contribution in [0, 0.1) is 11.8 Å². The SMILES string of the molecule is COc1cccc(CC(CO)CCOCCC(C)C)c1. The van der Waals surface area contributed by atoms with Crippen LogP contribution in [0.15, 0.2) is 24.3 Å². The molecule has 0 aliphatic heterocycles. The Balaban J connectivity index is 2.31. The Morgan fingerprint density at radius 3 is 2.55 bits per heavy atom. The van der Waals surface area contributed by atoms with Crippen LogP contribution >= 0.6 is 0 Å². The van der Waals surface area contributed by atoms with E-state index in [-0.39, 0.29) is 12.5 Å². The first-order valence-electron chi connectivity index (χ1n) is 7.47. The van der Waals surface area contributed by atoms with Gasteiger partial charge in [-0.1, -0.05) is 26.0 Å². The van der Waals surface area contributed by atoms with Gasteiger partial charge in [0.1, 0.15) is 5.75 Å². The predicted molar refractivity (Wildman–Crippen MR) is 82.2 cm³/mol. The van der Waals surface area contributed by atoms with Gasteiger partial charge in [-0.2, -0.15) is 0 Å². The third-order valence-electron chi connectivity index (χ3n) is 3.43. The first-order chi connectivity index (χ1) is 9.65. The molecule has 0 bridgehead atoms. The molecule has 0 aliphatic carbocycles. The lowest BCUT2D eigenvalue weighted by Gasteiger charge is -2.15. The fraction of sp³-hybridized carbons (Fsp3) is 0.647. The number of benzene rings is 1. The molecule has 0 spiro atoms. The number of rotatable bonds is 10. The average Bonchev–Trinajstić information content (AvgIpc) is 2.45. The van der Waals surface area contributed by atoms with Gasteiger partial charge in [0.05, 0.1) is 7.11 Å². The van der Waals surface area contributed by atoms with Crippen molar-refractivity contribution in [3.8, 4) is 5.75 Å². The Morgan fingerprint density at radius 1 is 1.15 bits per heavy atom. The van der Waals surface area contributed by atoms with E-state index < -0.39 is 0 Å². The summed E-state index contributed by atoms with van der Waals surface area (Å²) in [6.45, 7) is 6.13. The van der Waals surface area contributed by atoms with Crippen molar-refractivity contribution in [1.82, 2.24) is 0 Å². The van der Waals surface area contributed by atoms with Gasteiger partial charge in [-0.3, -0.25) is 0 Å². The molecule has 0 aliphatic rings. The molecule has 0 saturated heterocycles. The van der Waals surface area contributed by atoms with E-state index in [9.17, 15) is 5.11 Å². The summed E-state index contributed by atoms with van der Waals surface area (Å²) in [5.41, 5.74) is 1.20. The summed E-state index contributed by atoms with van der Waals surface area (Å²) < 4.78 is 10.8. The van der Waals surface area contributed by atoms with E-state index in [0.29, 0.717) is 5.92 Å². The minimum Gasteiger partial charge on any atom is -0.497 e. The monoisotopic (exact) mass is 280 g/mol. The summed E-state index contributed by atoms with van der Waals surface area (Å²) in [4.78, 5) is 0. The molecule has 1 aromatic rings. The minimum atomic E-state index is 0.199. The lowest BCUT2D eigenvalue weighted by Crippen LogP contribution is -2.13. The van der Waals surface area contributed by atoms with Crippen LogP contribution in [-0.4, -0.2) is 32.0 Å². The van der Waals surface area contributed by atoms with E-state index in [1.54, 1.807) is 7.11 Å². The number of hydrogen-bond donors (Lipinski definition) is 1. The smallest absolute Gasteiger partial charge is 0.119 e. The van der Waals surface area contributed by atoms with E-state index in [0.717, 1.165) is 38.2 Å². The normalized spacial score (nSPS) is 12.7. The molecule has 0 heterocycles. The van der Waals surface area contributed by atoms with Crippen molar-refractivity contribution < 1.29 is 14.6 Å². The molecule has 1 atom stereocenters. The molecule has 0 radical (unpaired) electrons. The molecular weight excluding hydrogens is 252 g/mol. The Morgan fingerprint density at radius 2 is 1.90 bits per heavy atom. The molecule has 0 saturated carbocycles. The topological polar surface area (TPSA) is 38.7 Å². The molecule has 20 heavy (non-hydrogen) atoms. The minimum absolute atomic E-state index is 0.199. The highest BCUT2D eigenvalue weighted by Gasteiger charge is 2.09. The first kappa shape index (κ1) is 17.0.